The second-order valence-electron chi connectivity index (χ2n) is 8.19. The molecule has 0 heterocycles. The van der Waals surface area contributed by atoms with Crippen molar-refractivity contribution in [3.8, 4) is 11.1 Å². The van der Waals surface area contributed by atoms with Gasteiger partial charge >= 0.3 is 6.09 Å². The molecule has 0 radical (unpaired) electrons. The van der Waals surface area contributed by atoms with E-state index in [1.54, 1.807) is 0 Å². The molecule has 2 aromatic rings. The molecule has 0 aromatic heterocycles. The zero-order valence-corrected chi connectivity index (χ0v) is 15.5. The lowest BCUT2D eigenvalue weighted by atomic mass is 9.87. The van der Waals surface area contributed by atoms with Crippen molar-refractivity contribution in [2.24, 2.45) is 17.1 Å². The number of carbonyl (C=O) groups excluding carboxylic acids is 1. The van der Waals surface area contributed by atoms with Gasteiger partial charge in [-0.15, -0.1) is 0 Å². The molecule has 0 saturated carbocycles. The minimum Gasteiger partial charge on any atom is -0.441 e. The fraction of sp³-hybridized carbons (Fsp3) is 0.409. The SMILES string of the molecule is CC(C)Cc1ccc(-c2ccc3c(c2)CC(C)(C)C3OC(N)=O)cc1. The zero-order chi connectivity index (χ0) is 18.2. The Bertz CT molecular complexity index is 775. The second-order valence-corrected chi connectivity index (χ2v) is 8.19. The van der Waals surface area contributed by atoms with Crippen molar-refractivity contribution < 1.29 is 9.53 Å². The number of hydrogen-bond donors (Lipinski definition) is 1. The Kier molecular flexibility index (Phi) is 4.59. The van der Waals surface area contributed by atoms with E-state index in [4.69, 9.17) is 10.5 Å². The summed E-state index contributed by atoms with van der Waals surface area (Å²) < 4.78 is 5.39. The van der Waals surface area contributed by atoms with Gasteiger partial charge in [0.25, 0.3) is 0 Å². The van der Waals surface area contributed by atoms with Crippen molar-refractivity contribution in [2.75, 3.05) is 0 Å². The van der Waals surface area contributed by atoms with Gasteiger partial charge in [-0.2, -0.15) is 0 Å². The summed E-state index contributed by atoms with van der Waals surface area (Å²) in [5.74, 6) is 0.662. The van der Waals surface area contributed by atoms with Gasteiger partial charge in [-0.05, 0) is 46.6 Å². The first-order valence-electron chi connectivity index (χ1n) is 8.94. The lowest BCUT2D eigenvalue weighted by Gasteiger charge is -2.26. The maximum Gasteiger partial charge on any atom is 0.405 e. The van der Waals surface area contributed by atoms with Crippen LogP contribution in [0.2, 0.25) is 0 Å². The fourth-order valence-corrected chi connectivity index (χ4v) is 3.84. The average Bonchev–Trinajstić information content (AvgIpc) is 2.76. The van der Waals surface area contributed by atoms with Crippen LogP contribution in [0.1, 0.15) is 50.5 Å². The summed E-state index contributed by atoms with van der Waals surface area (Å²) in [5.41, 5.74) is 11.2. The van der Waals surface area contributed by atoms with Crippen LogP contribution in [0.4, 0.5) is 4.79 Å². The van der Waals surface area contributed by atoms with Crippen LogP contribution >= 0.6 is 0 Å². The molecule has 0 bridgehead atoms. The Morgan fingerprint density at radius 1 is 1.16 bits per heavy atom. The van der Waals surface area contributed by atoms with Crippen molar-refractivity contribution in [3.05, 3.63) is 59.2 Å². The molecular weight excluding hydrogens is 310 g/mol. The molecule has 0 aliphatic heterocycles. The van der Waals surface area contributed by atoms with Crippen LogP contribution in [0.3, 0.4) is 0 Å². The third-order valence-corrected chi connectivity index (χ3v) is 4.95. The first-order valence-corrected chi connectivity index (χ1v) is 8.94. The Morgan fingerprint density at radius 2 is 1.80 bits per heavy atom. The smallest absolute Gasteiger partial charge is 0.405 e. The van der Waals surface area contributed by atoms with Crippen LogP contribution < -0.4 is 5.73 Å². The standard InChI is InChI=1S/C22H27NO2/c1-14(2)11-15-5-7-16(8-6-15)17-9-10-19-18(12-17)13-22(3,4)20(19)25-21(23)24/h5-10,12,14,20H,11,13H2,1-4H3,(H2,23,24). The predicted molar refractivity (Wildman–Crippen MR) is 101 cm³/mol. The van der Waals surface area contributed by atoms with Crippen LogP contribution in [-0.2, 0) is 17.6 Å². The van der Waals surface area contributed by atoms with Crippen molar-refractivity contribution in [3.63, 3.8) is 0 Å². The van der Waals surface area contributed by atoms with Crippen LogP contribution in [-0.4, -0.2) is 6.09 Å². The topological polar surface area (TPSA) is 52.3 Å². The number of carbonyl (C=O) groups is 1. The molecule has 1 atom stereocenters. The highest BCUT2D eigenvalue weighted by Crippen LogP contribution is 2.48. The number of hydrogen-bond acceptors (Lipinski definition) is 2. The monoisotopic (exact) mass is 337 g/mol. The molecule has 2 aromatic carbocycles. The number of rotatable bonds is 4. The van der Waals surface area contributed by atoms with E-state index in [1.165, 1.54) is 22.3 Å². The number of nitrogens with two attached hydrogens (primary N) is 1. The summed E-state index contributed by atoms with van der Waals surface area (Å²) in [6.07, 6.45) is 0.989. The molecule has 3 heteroatoms. The molecule has 25 heavy (non-hydrogen) atoms. The van der Waals surface area contributed by atoms with Crippen LogP contribution in [0.5, 0.6) is 0 Å². The summed E-state index contributed by atoms with van der Waals surface area (Å²) in [5, 5.41) is 0. The molecule has 0 spiro atoms. The quantitative estimate of drug-likeness (QED) is 0.826. The number of amides is 1. The molecule has 0 saturated heterocycles. The minimum atomic E-state index is -0.712. The van der Waals surface area contributed by atoms with Gasteiger partial charge < -0.3 is 10.5 Å². The van der Waals surface area contributed by atoms with Crippen LogP contribution in [0, 0.1) is 11.3 Å². The van der Waals surface area contributed by atoms with Gasteiger partial charge in [0, 0.05) is 5.41 Å². The van der Waals surface area contributed by atoms with Crippen LogP contribution in [0.25, 0.3) is 11.1 Å². The van der Waals surface area contributed by atoms with Gasteiger partial charge in [-0.25, -0.2) is 4.79 Å². The third kappa shape index (κ3) is 3.71. The largest absolute Gasteiger partial charge is 0.441 e. The fourth-order valence-electron chi connectivity index (χ4n) is 3.84. The Labute approximate surface area is 150 Å². The van der Waals surface area contributed by atoms with Crippen molar-refractivity contribution >= 4 is 6.09 Å². The van der Waals surface area contributed by atoms with E-state index in [2.05, 4.69) is 70.2 Å². The normalized spacial score (nSPS) is 18.2. The van der Waals surface area contributed by atoms with Crippen LogP contribution in [0.15, 0.2) is 42.5 Å². The van der Waals surface area contributed by atoms with Gasteiger partial charge in [0.1, 0.15) is 6.10 Å². The van der Waals surface area contributed by atoms with E-state index in [9.17, 15) is 4.79 Å². The van der Waals surface area contributed by atoms with E-state index in [-0.39, 0.29) is 11.5 Å². The predicted octanol–water partition coefficient (Wildman–Crippen LogP) is 5.27. The van der Waals surface area contributed by atoms with E-state index in [0.29, 0.717) is 5.92 Å². The van der Waals surface area contributed by atoms with Crippen molar-refractivity contribution in [1.82, 2.24) is 0 Å². The molecule has 2 N–H and O–H groups in total. The molecule has 3 nitrogen and oxygen atoms in total. The van der Waals surface area contributed by atoms with E-state index in [0.717, 1.165) is 18.4 Å². The number of primary amides is 1. The van der Waals surface area contributed by atoms with Gasteiger partial charge in [0.05, 0.1) is 0 Å². The Morgan fingerprint density at radius 3 is 2.40 bits per heavy atom. The first kappa shape index (κ1) is 17.5. The summed E-state index contributed by atoms with van der Waals surface area (Å²) >= 11 is 0. The van der Waals surface area contributed by atoms with Gasteiger partial charge in [-0.3, -0.25) is 0 Å². The highest BCUT2D eigenvalue weighted by atomic mass is 16.6. The molecule has 132 valence electrons. The van der Waals surface area contributed by atoms with E-state index >= 15 is 0 Å². The highest BCUT2D eigenvalue weighted by molar-refractivity contribution is 5.68. The van der Waals surface area contributed by atoms with Gasteiger partial charge in [0.15, 0.2) is 0 Å². The first-order chi connectivity index (χ1) is 11.8. The summed E-state index contributed by atoms with van der Waals surface area (Å²) in [7, 11) is 0. The zero-order valence-electron chi connectivity index (χ0n) is 15.5. The molecule has 3 rings (SSSR count). The highest BCUT2D eigenvalue weighted by Gasteiger charge is 2.41. The molecule has 1 amide bonds. The van der Waals surface area contributed by atoms with Gasteiger partial charge in [0.2, 0.25) is 0 Å². The Hall–Kier alpha value is -2.29. The molecule has 1 aliphatic carbocycles. The second kappa shape index (κ2) is 6.55. The molecule has 1 unspecified atom stereocenters. The van der Waals surface area contributed by atoms with E-state index in [1.807, 2.05) is 0 Å². The molecule has 0 fully saturated rings. The molecular formula is C22H27NO2. The number of benzene rings is 2. The van der Waals surface area contributed by atoms with E-state index < -0.39 is 6.09 Å². The third-order valence-electron chi connectivity index (χ3n) is 4.95. The molecule has 1 aliphatic rings. The van der Waals surface area contributed by atoms with Gasteiger partial charge in [-0.1, -0.05) is 70.2 Å². The minimum absolute atomic E-state index is 0.142. The Balaban J connectivity index is 1.88. The number of fused-ring (bicyclic) bond motifs is 1. The summed E-state index contributed by atoms with van der Waals surface area (Å²) in [4.78, 5) is 11.2. The lowest BCUT2D eigenvalue weighted by molar-refractivity contribution is 0.0392. The summed E-state index contributed by atoms with van der Waals surface area (Å²) in [6, 6.07) is 15.2. The van der Waals surface area contributed by atoms with Crippen molar-refractivity contribution in [2.45, 2.75) is 46.6 Å². The average molecular weight is 337 g/mol. The maximum absolute atomic E-state index is 11.2. The van der Waals surface area contributed by atoms with Crippen molar-refractivity contribution in [1.29, 1.82) is 0 Å². The lowest BCUT2D eigenvalue weighted by Crippen LogP contribution is -2.25. The summed E-state index contributed by atoms with van der Waals surface area (Å²) in [6.45, 7) is 8.70. The maximum atomic E-state index is 11.2. The number of ether oxygens (including phenoxy) is 1.